The van der Waals surface area contributed by atoms with E-state index in [0.717, 1.165) is 49.9 Å². The van der Waals surface area contributed by atoms with Gasteiger partial charge in [0.1, 0.15) is 0 Å². The number of nitrogens with zero attached hydrogens (tertiary/aromatic N) is 2. The largest absolute Gasteiger partial charge is 0.342 e. The third kappa shape index (κ3) is 5.37. The standard InChI is InChI=1S/C40H40N2/c1-4-7-8-9-17-31-18-10-12-23-38(31)41(6-3)34-20-15-19-32(28-34)33-25-26-40-37(29-33)36-22-11-13-24-39(36)42(40)35-21-14-16-30(5-2)27-35/h5,7-8,10-14,16,18,20-29H,2,4,6,9,15,17,19H2,1,3H3/b8-7-. The Morgan fingerprint density at radius 2 is 1.67 bits per heavy atom. The zero-order valence-corrected chi connectivity index (χ0v) is 24.9. The number of hydrogen-bond donors (Lipinski definition) is 0. The first kappa shape index (κ1) is 27.6. The molecule has 0 saturated heterocycles. The predicted octanol–water partition coefficient (Wildman–Crippen LogP) is 10.9. The third-order valence-electron chi connectivity index (χ3n) is 8.39. The molecule has 0 radical (unpaired) electrons. The quantitative estimate of drug-likeness (QED) is 0.158. The van der Waals surface area contributed by atoms with Crippen molar-refractivity contribution in [3.63, 3.8) is 0 Å². The molecule has 0 N–H and O–H groups in total. The molecule has 1 aromatic heterocycles. The van der Waals surface area contributed by atoms with Crippen LogP contribution in [0.1, 0.15) is 56.2 Å². The van der Waals surface area contributed by atoms with E-state index < -0.39 is 0 Å². The number of likely N-dealkylation sites (N-methyl/N-ethyl adjacent to an activating group) is 1. The van der Waals surface area contributed by atoms with E-state index in [1.54, 1.807) is 0 Å². The summed E-state index contributed by atoms with van der Waals surface area (Å²) >= 11 is 0. The van der Waals surface area contributed by atoms with Crippen molar-refractivity contribution < 1.29 is 0 Å². The van der Waals surface area contributed by atoms with Crippen LogP contribution in [-0.4, -0.2) is 11.1 Å². The summed E-state index contributed by atoms with van der Waals surface area (Å²) in [5.41, 5.74) is 11.5. The fourth-order valence-corrected chi connectivity index (χ4v) is 6.34. The van der Waals surface area contributed by atoms with Gasteiger partial charge in [0.2, 0.25) is 0 Å². The molecule has 1 aliphatic rings. The Hall–Kier alpha value is -4.56. The van der Waals surface area contributed by atoms with E-state index in [1.165, 1.54) is 49.9 Å². The van der Waals surface area contributed by atoms with Crippen LogP contribution in [0.3, 0.4) is 0 Å². The first-order chi connectivity index (χ1) is 20.7. The highest BCUT2D eigenvalue weighted by Gasteiger charge is 2.18. The zero-order valence-electron chi connectivity index (χ0n) is 24.9. The monoisotopic (exact) mass is 548 g/mol. The second kappa shape index (κ2) is 12.5. The molecule has 0 atom stereocenters. The maximum Gasteiger partial charge on any atom is 0.0541 e. The van der Waals surface area contributed by atoms with E-state index in [0.29, 0.717) is 0 Å². The summed E-state index contributed by atoms with van der Waals surface area (Å²) in [6.07, 6.45) is 16.7. The molecule has 0 bridgehead atoms. The smallest absolute Gasteiger partial charge is 0.0541 e. The Morgan fingerprint density at radius 1 is 0.833 bits per heavy atom. The van der Waals surface area contributed by atoms with Gasteiger partial charge < -0.3 is 9.47 Å². The average molecular weight is 549 g/mol. The minimum absolute atomic E-state index is 0.938. The van der Waals surface area contributed by atoms with Gasteiger partial charge in [-0.3, -0.25) is 0 Å². The molecular formula is C40H40N2. The van der Waals surface area contributed by atoms with Crippen LogP contribution < -0.4 is 4.90 Å². The molecule has 1 heterocycles. The van der Waals surface area contributed by atoms with E-state index in [-0.39, 0.29) is 0 Å². The van der Waals surface area contributed by atoms with Crippen LogP contribution in [0.4, 0.5) is 5.69 Å². The summed E-state index contributed by atoms with van der Waals surface area (Å²) in [4.78, 5) is 2.50. The average Bonchev–Trinajstić information content (AvgIpc) is 3.38. The summed E-state index contributed by atoms with van der Waals surface area (Å²) in [5.74, 6) is 0. The van der Waals surface area contributed by atoms with E-state index in [4.69, 9.17) is 0 Å². The van der Waals surface area contributed by atoms with Crippen molar-refractivity contribution in [3.8, 4) is 5.69 Å². The molecule has 42 heavy (non-hydrogen) atoms. The lowest BCUT2D eigenvalue weighted by atomic mass is 9.94. The fraction of sp³-hybridized carbons (Fsp3) is 0.200. The summed E-state index contributed by atoms with van der Waals surface area (Å²) in [6, 6.07) is 33.3. The van der Waals surface area contributed by atoms with Crippen LogP contribution in [0.2, 0.25) is 0 Å². The lowest BCUT2D eigenvalue weighted by Crippen LogP contribution is -2.23. The van der Waals surface area contributed by atoms with Crippen LogP contribution in [-0.2, 0) is 6.42 Å². The Bertz CT molecular complexity index is 1830. The van der Waals surface area contributed by atoms with Gasteiger partial charge in [0, 0.05) is 34.4 Å². The Labute approximate surface area is 250 Å². The summed E-state index contributed by atoms with van der Waals surface area (Å²) < 4.78 is 2.38. The van der Waals surface area contributed by atoms with Crippen molar-refractivity contribution >= 4 is 39.1 Å². The number of allylic oxidation sites excluding steroid dienone is 5. The lowest BCUT2D eigenvalue weighted by molar-refractivity contribution is 0.912. The highest BCUT2D eigenvalue weighted by molar-refractivity contribution is 6.10. The summed E-state index contributed by atoms with van der Waals surface area (Å²) in [7, 11) is 0. The molecule has 6 rings (SSSR count). The van der Waals surface area contributed by atoms with Crippen molar-refractivity contribution in [2.45, 2.75) is 46.0 Å². The van der Waals surface area contributed by atoms with Crippen LogP contribution >= 0.6 is 0 Å². The van der Waals surface area contributed by atoms with Crippen molar-refractivity contribution in [2.24, 2.45) is 0 Å². The predicted molar refractivity (Wildman–Crippen MR) is 183 cm³/mol. The molecule has 2 heteroatoms. The Morgan fingerprint density at radius 3 is 2.52 bits per heavy atom. The van der Waals surface area contributed by atoms with E-state index in [2.05, 4.69) is 145 Å². The second-order valence-electron chi connectivity index (χ2n) is 11.0. The fourth-order valence-electron chi connectivity index (χ4n) is 6.34. The summed E-state index contributed by atoms with van der Waals surface area (Å²) in [6.45, 7) is 9.38. The van der Waals surface area contributed by atoms with Crippen molar-refractivity contribution in [3.05, 3.63) is 144 Å². The van der Waals surface area contributed by atoms with Crippen molar-refractivity contribution in [1.82, 2.24) is 4.57 Å². The maximum absolute atomic E-state index is 3.98. The van der Waals surface area contributed by atoms with Gasteiger partial charge in [-0.05, 0) is 104 Å². The number of para-hydroxylation sites is 2. The zero-order chi connectivity index (χ0) is 28.9. The molecule has 5 aromatic rings. The Kier molecular flexibility index (Phi) is 8.23. The molecule has 0 saturated carbocycles. The van der Waals surface area contributed by atoms with Gasteiger partial charge in [0.15, 0.2) is 0 Å². The van der Waals surface area contributed by atoms with Crippen LogP contribution in [0.15, 0.2) is 128 Å². The minimum atomic E-state index is 0.938. The van der Waals surface area contributed by atoms with E-state index >= 15 is 0 Å². The number of anilines is 1. The molecule has 0 fully saturated rings. The molecule has 0 amide bonds. The van der Waals surface area contributed by atoms with Gasteiger partial charge in [0.25, 0.3) is 0 Å². The van der Waals surface area contributed by atoms with Crippen molar-refractivity contribution in [2.75, 3.05) is 11.4 Å². The van der Waals surface area contributed by atoms with Crippen molar-refractivity contribution in [1.29, 1.82) is 0 Å². The molecule has 0 aliphatic heterocycles. The number of fused-ring (bicyclic) bond motifs is 3. The van der Waals surface area contributed by atoms with Crippen LogP contribution in [0.25, 0.3) is 39.1 Å². The molecular weight excluding hydrogens is 508 g/mol. The van der Waals surface area contributed by atoms with E-state index in [1.807, 2.05) is 6.08 Å². The molecule has 0 spiro atoms. The van der Waals surface area contributed by atoms with Gasteiger partial charge in [0.05, 0.1) is 11.0 Å². The Balaban J connectivity index is 1.38. The van der Waals surface area contributed by atoms with Gasteiger partial charge >= 0.3 is 0 Å². The minimum Gasteiger partial charge on any atom is -0.342 e. The molecule has 0 unspecified atom stereocenters. The van der Waals surface area contributed by atoms with Gasteiger partial charge in [-0.2, -0.15) is 0 Å². The summed E-state index contributed by atoms with van der Waals surface area (Å²) in [5, 5.41) is 2.58. The first-order valence-corrected chi connectivity index (χ1v) is 15.4. The molecule has 210 valence electrons. The number of aryl methyl sites for hydroxylation is 1. The number of benzene rings is 4. The highest BCUT2D eigenvalue weighted by Crippen LogP contribution is 2.37. The number of hydrogen-bond acceptors (Lipinski definition) is 1. The third-order valence-corrected chi connectivity index (χ3v) is 8.39. The number of aromatic nitrogens is 1. The van der Waals surface area contributed by atoms with E-state index in [9.17, 15) is 0 Å². The van der Waals surface area contributed by atoms with Gasteiger partial charge in [-0.1, -0.05) is 92.4 Å². The number of rotatable bonds is 10. The maximum atomic E-state index is 3.98. The van der Waals surface area contributed by atoms with Gasteiger partial charge in [-0.15, -0.1) is 0 Å². The van der Waals surface area contributed by atoms with Crippen LogP contribution in [0, 0.1) is 0 Å². The SMILES string of the molecule is C=Cc1cccc(-n2c3ccccc3c3cc(C4=CC(N(CC)c5ccccc5CC/C=C\CC)=CCC4)ccc32)c1. The second-order valence-corrected chi connectivity index (χ2v) is 11.0. The highest BCUT2D eigenvalue weighted by atomic mass is 15.1. The first-order valence-electron chi connectivity index (χ1n) is 15.4. The lowest BCUT2D eigenvalue weighted by Gasteiger charge is -2.29. The topological polar surface area (TPSA) is 8.17 Å². The molecule has 2 nitrogen and oxygen atoms in total. The van der Waals surface area contributed by atoms with Crippen LogP contribution in [0.5, 0.6) is 0 Å². The molecule has 1 aliphatic carbocycles. The normalized spacial score (nSPS) is 13.5. The van der Waals surface area contributed by atoms with Gasteiger partial charge in [-0.25, -0.2) is 0 Å². The molecule has 4 aromatic carbocycles.